The van der Waals surface area contributed by atoms with Gasteiger partial charge in [-0.05, 0) is 31.4 Å². The van der Waals surface area contributed by atoms with Gasteiger partial charge in [-0.3, -0.25) is 0 Å². The molecule has 1 aromatic carbocycles. The Hall–Kier alpha value is -1.00. The molecule has 18 heavy (non-hydrogen) atoms. The Kier molecular flexibility index (Phi) is 4.30. The Morgan fingerprint density at radius 2 is 2.11 bits per heavy atom. The topological polar surface area (TPSA) is 23.5 Å². The first-order valence-electron chi connectivity index (χ1n) is 6.46. The van der Waals surface area contributed by atoms with Crippen LogP contribution in [0, 0.1) is 17.6 Å². The van der Waals surface area contributed by atoms with Crippen LogP contribution in [0.3, 0.4) is 0 Å². The molecule has 0 radical (unpaired) electrons. The number of aliphatic hydroxyl groups is 1. The van der Waals surface area contributed by atoms with Crippen LogP contribution in [0.2, 0.25) is 0 Å². The van der Waals surface area contributed by atoms with Crippen molar-refractivity contribution in [2.75, 3.05) is 19.6 Å². The van der Waals surface area contributed by atoms with Gasteiger partial charge < -0.3 is 10.0 Å². The molecule has 2 rings (SSSR count). The largest absolute Gasteiger partial charge is 0.387 e. The van der Waals surface area contributed by atoms with E-state index in [2.05, 4.69) is 4.90 Å². The molecule has 100 valence electrons. The summed E-state index contributed by atoms with van der Waals surface area (Å²) in [5, 5.41) is 10.0. The molecule has 1 fully saturated rings. The summed E-state index contributed by atoms with van der Waals surface area (Å²) in [4.78, 5) is 2.09. The molecule has 2 nitrogen and oxygen atoms in total. The Morgan fingerprint density at radius 3 is 2.72 bits per heavy atom. The monoisotopic (exact) mass is 255 g/mol. The zero-order valence-corrected chi connectivity index (χ0v) is 10.6. The second kappa shape index (κ2) is 5.76. The van der Waals surface area contributed by atoms with E-state index >= 15 is 0 Å². The predicted octanol–water partition coefficient (Wildman–Crippen LogP) is 2.73. The van der Waals surface area contributed by atoms with Gasteiger partial charge >= 0.3 is 0 Å². The van der Waals surface area contributed by atoms with Crippen LogP contribution in [0.15, 0.2) is 18.2 Å². The first kappa shape index (κ1) is 13.4. The van der Waals surface area contributed by atoms with E-state index in [1.807, 2.05) is 6.92 Å². The van der Waals surface area contributed by atoms with E-state index in [-0.39, 0.29) is 5.56 Å². The summed E-state index contributed by atoms with van der Waals surface area (Å²) in [6.07, 6.45) is 1.50. The van der Waals surface area contributed by atoms with Crippen molar-refractivity contribution in [1.82, 2.24) is 4.90 Å². The van der Waals surface area contributed by atoms with Crippen molar-refractivity contribution >= 4 is 0 Å². The fourth-order valence-corrected chi connectivity index (χ4v) is 2.12. The van der Waals surface area contributed by atoms with Gasteiger partial charge in [0, 0.05) is 18.7 Å². The second-order valence-corrected chi connectivity index (χ2v) is 4.95. The zero-order valence-electron chi connectivity index (χ0n) is 10.6. The minimum Gasteiger partial charge on any atom is -0.387 e. The fraction of sp³-hybridized carbons (Fsp3) is 0.571. The predicted molar refractivity (Wildman–Crippen MR) is 66.2 cm³/mol. The summed E-state index contributed by atoms with van der Waals surface area (Å²) in [5.41, 5.74) is 0.0456. The molecular weight excluding hydrogens is 236 g/mol. The number of benzene rings is 1. The van der Waals surface area contributed by atoms with Gasteiger partial charge in [0.1, 0.15) is 0 Å². The van der Waals surface area contributed by atoms with Gasteiger partial charge in [-0.15, -0.1) is 0 Å². The molecule has 0 heterocycles. The highest BCUT2D eigenvalue weighted by molar-refractivity contribution is 5.21. The minimum atomic E-state index is -0.973. The summed E-state index contributed by atoms with van der Waals surface area (Å²) in [5.74, 6) is -1.13. The van der Waals surface area contributed by atoms with Crippen molar-refractivity contribution in [3.8, 4) is 0 Å². The first-order valence-corrected chi connectivity index (χ1v) is 6.46. The van der Waals surface area contributed by atoms with Crippen molar-refractivity contribution in [3.05, 3.63) is 35.4 Å². The van der Waals surface area contributed by atoms with Crippen LogP contribution in [0.4, 0.5) is 8.78 Å². The third kappa shape index (κ3) is 3.27. The molecule has 0 spiro atoms. The number of hydrogen-bond acceptors (Lipinski definition) is 2. The molecule has 1 aliphatic carbocycles. The molecule has 0 saturated heterocycles. The van der Waals surface area contributed by atoms with Crippen molar-refractivity contribution in [2.24, 2.45) is 5.92 Å². The Balaban J connectivity index is 2.00. The van der Waals surface area contributed by atoms with Crippen LogP contribution in [-0.4, -0.2) is 29.6 Å². The lowest BCUT2D eigenvalue weighted by molar-refractivity contribution is 0.109. The van der Waals surface area contributed by atoms with E-state index < -0.39 is 17.7 Å². The third-order valence-electron chi connectivity index (χ3n) is 3.43. The molecule has 0 aromatic heterocycles. The van der Waals surface area contributed by atoms with Crippen LogP contribution in [0.5, 0.6) is 0 Å². The van der Waals surface area contributed by atoms with Crippen LogP contribution < -0.4 is 0 Å². The smallest absolute Gasteiger partial charge is 0.164 e. The Labute approximate surface area is 106 Å². The van der Waals surface area contributed by atoms with Gasteiger partial charge in [-0.25, -0.2) is 8.78 Å². The quantitative estimate of drug-likeness (QED) is 0.845. The maximum Gasteiger partial charge on any atom is 0.164 e. The van der Waals surface area contributed by atoms with E-state index in [0.29, 0.717) is 6.54 Å². The molecule has 1 aliphatic rings. The molecule has 1 aromatic rings. The van der Waals surface area contributed by atoms with Gasteiger partial charge in [0.2, 0.25) is 0 Å². The zero-order chi connectivity index (χ0) is 13.1. The molecule has 0 amide bonds. The summed E-state index contributed by atoms with van der Waals surface area (Å²) < 4.78 is 26.6. The highest BCUT2D eigenvalue weighted by Crippen LogP contribution is 2.30. The lowest BCUT2D eigenvalue weighted by Gasteiger charge is -2.23. The molecular formula is C14H19F2NO. The second-order valence-electron chi connectivity index (χ2n) is 4.95. The van der Waals surface area contributed by atoms with Crippen LogP contribution in [0.25, 0.3) is 0 Å². The third-order valence-corrected chi connectivity index (χ3v) is 3.43. The molecule has 1 saturated carbocycles. The summed E-state index contributed by atoms with van der Waals surface area (Å²) >= 11 is 0. The highest BCUT2D eigenvalue weighted by Gasteiger charge is 2.25. The van der Waals surface area contributed by atoms with E-state index in [4.69, 9.17) is 0 Å². The number of likely N-dealkylation sites (N-methyl/N-ethyl adjacent to an activating group) is 1. The Morgan fingerprint density at radius 1 is 1.39 bits per heavy atom. The standard InChI is InChI=1S/C14H19F2NO/c1-2-17(8-10-6-7-10)9-13(18)11-4-3-5-12(15)14(11)16/h3-5,10,13,18H,2,6-9H2,1H3. The molecule has 4 heteroatoms. The van der Waals surface area contributed by atoms with E-state index in [1.54, 1.807) is 0 Å². The van der Waals surface area contributed by atoms with Gasteiger partial charge in [0.25, 0.3) is 0 Å². The number of halogens is 2. The van der Waals surface area contributed by atoms with Crippen molar-refractivity contribution in [2.45, 2.75) is 25.9 Å². The van der Waals surface area contributed by atoms with Gasteiger partial charge in [-0.2, -0.15) is 0 Å². The van der Waals surface area contributed by atoms with Gasteiger partial charge in [0.15, 0.2) is 11.6 Å². The van der Waals surface area contributed by atoms with Gasteiger partial charge in [-0.1, -0.05) is 19.1 Å². The van der Waals surface area contributed by atoms with Crippen molar-refractivity contribution in [3.63, 3.8) is 0 Å². The highest BCUT2D eigenvalue weighted by atomic mass is 19.2. The maximum absolute atomic E-state index is 13.5. The average Bonchev–Trinajstić information content (AvgIpc) is 3.15. The molecule has 0 aliphatic heterocycles. The molecule has 1 N–H and O–H groups in total. The SMILES string of the molecule is CCN(CC1CC1)CC(O)c1cccc(F)c1F. The van der Waals surface area contributed by atoms with E-state index in [9.17, 15) is 13.9 Å². The molecule has 1 unspecified atom stereocenters. The summed E-state index contributed by atoms with van der Waals surface area (Å²) in [7, 11) is 0. The number of nitrogens with zero attached hydrogens (tertiary/aromatic N) is 1. The lowest BCUT2D eigenvalue weighted by Crippen LogP contribution is -2.30. The number of aliphatic hydroxyl groups excluding tert-OH is 1. The van der Waals surface area contributed by atoms with E-state index in [0.717, 1.165) is 25.1 Å². The summed E-state index contributed by atoms with van der Waals surface area (Å²) in [6, 6.07) is 3.93. The fourth-order valence-electron chi connectivity index (χ4n) is 2.12. The maximum atomic E-state index is 13.5. The summed E-state index contributed by atoms with van der Waals surface area (Å²) in [6.45, 7) is 4.11. The van der Waals surface area contributed by atoms with Crippen LogP contribution in [0.1, 0.15) is 31.4 Å². The van der Waals surface area contributed by atoms with Gasteiger partial charge in [0.05, 0.1) is 6.10 Å². The van der Waals surface area contributed by atoms with Crippen LogP contribution in [-0.2, 0) is 0 Å². The lowest BCUT2D eigenvalue weighted by atomic mass is 10.1. The minimum absolute atomic E-state index is 0.0456. The average molecular weight is 255 g/mol. The van der Waals surface area contributed by atoms with E-state index in [1.165, 1.54) is 25.0 Å². The first-order chi connectivity index (χ1) is 8.61. The molecule has 0 bridgehead atoms. The van der Waals surface area contributed by atoms with Crippen molar-refractivity contribution in [1.29, 1.82) is 0 Å². The Bertz CT molecular complexity index is 407. The number of hydrogen-bond donors (Lipinski definition) is 1. The number of rotatable bonds is 6. The van der Waals surface area contributed by atoms with Crippen LogP contribution >= 0.6 is 0 Å². The normalized spacial score (nSPS) is 17.2. The van der Waals surface area contributed by atoms with Crippen molar-refractivity contribution < 1.29 is 13.9 Å². The molecule has 1 atom stereocenters.